The van der Waals surface area contributed by atoms with Crippen LogP contribution in [0.2, 0.25) is 0 Å². The molecule has 0 bridgehead atoms. The van der Waals surface area contributed by atoms with Gasteiger partial charge in [0, 0.05) is 0 Å². The standard InChI is InChI=1S/C9H16N2/c1-2-3-6-11-7-4-5-9(11)8-10/h9H,2-7H2,1H3. The number of hydrogen-bond acceptors (Lipinski definition) is 2. The Balaban J connectivity index is 2.27. The van der Waals surface area contributed by atoms with Crippen LogP contribution < -0.4 is 0 Å². The van der Waals surface area contributed by atoms with Crippen LogP contribution in [0.15, 0.2) is 0 Å². The molecule has 0 spiro atoms. The molecule has 2 nitrogen and oxygen atoms in total. The van der Waals surface area contributed by atoms with Gasteiger partial charge in [-0.15, -0.1) is 0 Å². The summed E-state index contributed by atoms with van der Waals surface area (Å²) in [6.07, 6.45) is 4.76. The Bertz CT molecular complexity index is 148. The Morgan fingerprint density at radius 3 is 3.09 bits per heavy atom. The molecule has 1 heterocycles. The van der Waals surface area contributed by atoms with Gasteiger partial charge in [-0.25, -0.2) is 0 Å². The molecule has 0 aromatic heterocycles. The van der Waals surface area contributed by atoms with Crippen molar-refractivity contribution < 1.29 is 0 Å². The van der Waals surface area contributed by atoms with Crippen molar-refractivity contribution in [3.8, 4) is 6.07 Å². The summed E-state index contributed by atoms with van der Waals surface area (Å²) in [5, 5.41) is 8.74. The van der Waals surface area contributed by atoms with Gasteiger partial charge in [0.15, 0.2) is 0 Å². The van der Waals surface area contributed by atoms with Crippen molar-refractivity contribution in [2.75, 3.05) is 13.1 Å². The fourth-order valence-corrected chi connectivity index (χ4v) is 1.60. The molecule has 0 aromatic carbocycles. The molecule has 1 unspecified atom stereocenters. The van der Waals surface area contributed by atoms with E-state index in [1.54, 1.807) is 0 Å². The maximum Gasteiger partial charge on any atom is 0.0978 e. The summed E-state index contributed by atoms with van der Waals surface area (Å²) in [6.45, 7) is 4.45. The fraction of sp³-hybridized carbons (Fsp3) is 0.889. The molecular weight excluding hydrogens is 136 g/mol. The fourth-order valence-electron chi connectivity index (χ4n) is 1.60. The average molecular weight is 152 g/mol. The minimum atomic E-state index is 0.224. The molecule has 0 aromatic rings. The first-order valence-electron chi connectivity index (χ1n) is 4.52. The molecule has 1 aliphatic heterocycles. The second-order valence-electron chi connectivity index (χ2n) is 3.18. The molecule has 0 N–H and O–H groups in total. The van der Waals surface area contributed by atoms with Gasteiger partial charge in [0.25, 0.3) is 0 Å². The maximum absolute atomic E-state index is 8.74. The van der Waals surface area contributed by atoms with Crippen LogP contribution in [-0.2, 0) is 0 Å². The Morgan fingerprint density at radius 1 is 1.64 bits per heavy atom. The van der Waals surface area contributed by atoms with Crippen molar-refractivity contribution in [2.24, 2.45) is 0 Å². The molecule has 0 saturated carbocycles. The molecule has 0 aliphatic carbocycles. The second-order valence-corrected chi connectivity index (χ2v) is 3.18. The molecule has 62 valence electrons. The van der Waals surface area contributed by atoms with Crippen molar-refractivity contribution in [1.29, 1.82) is 5.26 Å². The van der Waals surface area contributed by atoms with E-state index in [1.165, 1.54) is 19.3 Å². The smallest absolute Gasteiger partial charge is 0.0978 e. The number of hydrogen-bond donors (Lipinski definition) is 0. The highest BCUT2D eigenvalue weighted by Gasteiger charge is 2.22. The Hall–Kier alpha value is -0.550. The van der Waals surface area contributed by atoms with Gasteiger partial charge in [0.05, 0.1) is 12.1 Å². The van der Waals surface area contributed by atoms with Gasteiger partial charge in [-0.3, -0.25) is 4.90 Å². The first-order chi connectivity index (χ1) is 5.38. The number of unbranched alkanes of at least 4 members (excludes halogenated alkanes) is 1. The molecule has 11 heavy (non-hydrogen) atoms. The van der Waals surface area contributed by atoms with Gasteiger partial charge in [0.2, 0.25) is 0 Å². The normalized spacial score (nSPS) is 25.3. The lowest BCUT2D eigenvalue weighted by atomic mass is 10.2. The molecule has 1 fully saturated rings. The van der Waals surface area contributed by atoms with Crippen molar-refractivity contribution in [3.63, 3.8) is 0 Å². The highest BCUT2D eigenvalue weighted by atomic mass is 15.2. The summed E-state index contributed by atoms with van der Waals surface area (Å²) >= 11 is 0. The predicted octanol–water partition coefficient (Wildman–Crippen LogP) is 1.77. The lowest BCUT2D eigenvalue weighted by molar-refractivity contribution is 0.290. The second kappa shape index (κ2) is 4.35. The molecule has 0 amide bonds. The zero-order valence-electron chi connectivity index (χ0n) is 7.21. The van der Waals surface area contributed by atoms with Gasteiger partial charge in [-0.2, -0.15) is 5.26 Å². The third kappa shape index (κ3) is 2.20. The van der Waals surface area contributed by atoms with E-state index in [0.29, 0.717) is 0 Å². The third-order valence-corrected chi connectivity index (χ3v) is 2.31. The zero-order chi connectivity index (χ0) is 8.10. The van der Waals surface area contributed by atoms with E-state index in [2.05, 4.69) is 17.9 Å². The van der Waals surface area contributed by atoms with Gasteiger partial charge < -0.3 is 0 Å². The van der Waals surface area contributed by atoms with E-state index in [1.807, 2.05) is 0 Å². The summed E-state index contributed by atoms with van der Waals surface area (Å²) < 4.78 is 0. The van der Waals surface area contributed by atoms with E-state index in [-0.39, 0.29) is 6.04 Å². The largest absolute Gasteiger partial charge is 0.288 e. The Labute approximate surface area is 68.8 Å². The summed E-state index contributed by atoms with van der Waals surface area (Å²) in [5.74, 6) is 0. The quantitative estimate of drug-likeness (QED) is 0.616. The van der Waals surface area contributed by atoms with Crippen LogP contribution >= 0.6 is 0 Å². The van der Waals surface area contributed by atoms with E-state index >= 15 is 0 Å². The predicted molar refractivity (Wildman–Crippen MR) is 45.1 cm³/mol. The topological polar surface area (TPSA) is 27.0 Å². The van der Waals surface area contributed by atoms with Crippen molar-refractivity contribution in [3.05, 3.63) is 0 Å². The van der Waals surface area contributed by atoms with Crippen LogP contribution in [-0.4, -0.2) is 24.0 Å². The summed E-state index contributed by atoms with van der Waals surface area (Å²) in [4.78, 5) is 2.31. The van der Waals surface area contributed by atoms with Gasteiger partial charge in [0.1, 0.15) is 0 Å². The van der Waals surface area contributed by atoms with Gasteiger partial charge >= 0.3 is 0 Å². The van der Waals surface area contributed by atoms with E-state index < -0.39 is 0 Å². The summed E-state index contributed by atoms with van der Waals surface area (Å²) in [7, 11) is 0. The lowest BCUT2D eigenvalue weighted by Crippen LogP contribution is -2.28. The Kier molecular flexibility index (Phi) is 3.38. The number of likely N-dealkylation sites (tertiary alicyclic amines) is 1. The highest BCUT2D eigenvalue weighted by Crippen LogP contribution is 2.16. The van der Waals surface area contributed by atoms with Crippen LogP contribution in [0.5, 0.6) is 0 Å². The van der Waals surface area contributed by atoms with E-state index in [9.17, 15) is 0 Å². The first-order valence-corrected chi connectivity index (χ1v) is 4.52. The monoisotopic (exact) mass is 152 g/mol. The average Bonchev–Trinajstić information content (AvgIpc) is 2.47. The molecule has 1 rings (SSSR count). The number of nitriles is 1. The van der Waals surface area contributed by atoms with Crippen molar-refractivity contribution in [2.45, 2.75) is 38.6 Å². The van der Waals surface area contributed by atoms with Crippen LogP contribution in [0.25, 0.3) is 0 Å². The van der Waals surface area contributed by atoms with Crippen molar-refractivity contribution in [1.82, 2.24) is 4.90 Å². The SMILES string of the molecule is CCCCN1CCCC1C#N. The van der Waals surface area contributed by atoms with Crippen LogP contribution in [0, 0.1) is 11.3 Å². The highest BCUT2D eigenvalue weighted by molar-refractivity contribution is 4.95. The number of nitrogens with zero attached hydrogens (tertiary/aromatic N) is 2. The molecule has 2 heteroatoms. The molecule has 0 radical (unpaired) electrons. The first kappa shape index (κ1) is 8.55. The van der Waals surface area contributed by atoms with Crippen molar-refractivity contribution >= 4 is 0 Å². The lowest BCUT2D eigenvalue weighted by Gasteiger charge is -2.17. The maximum atomic E-state index is 8.74. The minimum Gasteiger partial charge on any atom is -0.288 e. The van der Waals surface area contributed by atoms with Crippen LogP contribution in [0.1, 0.15) is 32.6 Å². The van der Waals surface area contributed by atoms with Gasteiger partial charge in [-0.1, -0.05) is 13.3 Å². The third-order valence-electron chi connectivity index (χ3n) is 2.31. The van der Waals surface area contributed by atoms with Gasteiger partial charge in [-0.05, 0) is 32.4 Å². The van der Waals surface area contributed by atoms with E-state index in [4.69, 9.17) is 5.26 Å². The molecule has 1 aliphatic rings. The van der Waals surface area contributed by atoms with Crippen LogP contribution in [0.4, 0.5) is 0 Å². The minimum absolute atomic E-state index is 0.224. The summed E-state index contributed by atoms with van der Waals surface area (Å²) in [5.41, 5.74) is 0. The molecular formula is C9H16N2. The molecule has 1 saturated heterocycles. The van der Waals surface area contributed by atoms with Crippen LogP contribution in [0.3, 0.4) is 0 Å². The summed E-state index contributed by atoms with van der Waals surface area (Å²) in [6, 6.07) is 2.57. The number of rotatable bonds is 3. The van der Waals surface area contributed by atoms with E-state index in [0.717, 1.165) is 19.5 Å². The zero-order valence-corrected chi connectivity index (χ0v) is 7.21. The Morgan fingerprint density at radius 2 is 2.45 bits per heavy atom. The molecule has 1 atom stereocenters.